The Labute approximate surface area is 115 Å². The predicted molar refractivity (Wildman–Crippen MR) is 69.5 cm³/mol. The molecule has 0 spiro atoms. The van der Waals surface area contributed by atoms with Gasteiger partial charge >= 0.3 is 11.9 Å². The van der Waals surface area contributed by atoms with Crippen LogP contribution in [0, 0.1) is 0 Å². The number of aliphatic carboxylic acids is 1. The number of benzene rings is 1. The van der Waals surface area contributed by atoms with E-state index in [1.54, 1.807) is 30.3 Å². The van der Waals surface area contributed by atoms with Gasteiger partial charge in [0.1, 0.15) is 6.61 Å². The van der Waals surface area contributed by atoms with Crippen LogP contribution in [0.1, 0.15) is 12.0 Å². The van der Waals surface area contributed by atoms with Crippen LogP contribution in [0.4, 0.5) is 0 Å². The summed E-state index contributed by atoms with van der Waals surface area (Å²) in [5.74, 6) is -3.43. The Kier molecular flexibility index (Phi) is 5.22. The predicted octanol–water partition coefficient (Wildman–Crippen LogP) is -0.352. The molecule has 0 radical (unpaired) electrons. The maximum Gasteiger partial charge on any atom is 0.338 e. The molecule has 1 aromatic rings. The smallest absolute Gasteiger partial charge is 0.338 e. The van der Waals surface area contributed by atoms with Crippen LogP contribution in [0.15, 0.2) is 30.3 Å². The second-order valence-corrected chi connectivity index (χ2v) is 4.19. The van der Waals surface area contributed by atoms with Crippen LogP contribution < -0.4 is 11.1 Å². The fourth-order valence-electron chi connectivity index (χ4n) is 1.43. The van der Waals surface area contributed by atoms with Crippen molar-refractivity contribution in [2.75, 3.05) is 7.05 Å². The molecule has 0 aliphatic carbocycles. The number of hydrogen-bond donors (Lipinski definition) is 3. The van der Waals surface area contributed by atoms with E-state index in [9.17, 15) is 14.4 Å². The molecule has 0 unspecified atom stereocenters. The normalized spacial score (nSPS) is 13.1. The third-order valence-corrected chi connectivity index (χ3v) is 2.68. The van der Waals surface area contributed by atoms with Crippen LogP contribution in [0.5, 0.6) is 0 Å². The third kappa shape index (κ3) is 3.79. The summed E-state index contributed by atoms with van der Waals surface area (Å²) >= 11 is 0. The summed E-state index contributed by atoms with van der Waals surface area (Å²) in [5, 5.41) is 11.3. The quantitative estimate of drug-likeness (QED) is 0.484. The molecular formula is C13H16N2O5. The Morgan fingerprint density at radius 2 is 1.90 bits per heavy atom. The van der Waals surface area contributed by atoms with E-state index in [4.69, 9.17) is 15.6 Å². The van der Waals surface area contributed by atoms with Gasteiger partial charge in [0.15, 0.2) is 0 Å². The fourth-order valence-corrected chi connectivity index (χ4v) is 1.43. The summed E-state index contributed by atoms with van der Waals surface area (Å²) in [6.45, 7) is -0.111. The van der Waals surface area contributed by atoms with Crippen LogP contribution in [-0.4, -0.2) is 35.5 Å². The first-order valence-corrected chi connectivity index (χ1v) is 5.84. The van der Waals surface area contributed by atoms with Gasteiger partial charge in [-0.1, -0.05) is 30.3 Å². The molecule has 0 bridgehead atoms. The van der Waals surface area contributed by atoms with Crippen molar-refractivity contribution in [3.63, 3.8) is 0 Å². The Morgan fingerprint density at radius 1 is 1.30 bits per heavy atom. The highest BCUT2D eigenvalue weighted by Crippen LogP contribution is 2.12. The molecule has 1 amide bonds. The van der Waals surface area contributed by atoms with Crippen molar-refractivity contribution in [3.8, 4) is 0 Å². The molecule has 0 fully saturated rings. The van der Waals surface area contributed by atoms with Crippen molar-refractivity contribution < 1.29 is 24.2 Å². The van der Waals surface area contributed by atoms with E-state index in [-0.39, 0.29) is 6.61 Å². The number of ether oxygens (including phenoxy) is 1. The van der Waals surface area contributed by atoms with Crippen LogP contribution in [-0.2, 0) is 25.7 Å². The molecule has 1 aromatic carbocycles. The van der Waals surface area contributed by atoms with Crippen molar-refractivity contribution in [1.82, 2.24) is 5.32 Å². The lowest BCUT2D eigenvalue weighted by Crippen LogP contribution is -2.57. The number of amides is 1. The van der Waals surface area contributed by atoms with Gasteiger partial charge in [0.05, 0.1) is 6.42 Å². The summed E-state index contributed by atoms with van der Waals surface area (Å²) in [7, 11) is 1.32. The third-order valence-electron chi connectivity index (χ3n) is 2.68. The van der Waals surface area contributed by atoms with Gasteiger partial charge in [-0.25, -0.2) is 9.59 Å². The molecule has 1 atom stereocenters. The lowest BCUT2D eigenvalue weighted by atomic mass is 9.96. The molecule has 7 nitrogen and oxygen atoms in total. The highest BCUT2D eigenvalue weighted by Gasteiger charge is 2.45. The molecule has 0 saturated carbocycles. The topological polar surface area (TPSA) is 119 Å². The number of carbonyl (C=O) groups is 3. The average Bonchev–Trinajstić information content (AvgIpc) is 2.45. The summed E-state index contributed by atoms with van der Waals surface area (Å²) in [4.78, 5) is 34.2. The van der Waals surface area contributed by atoms with Crippen molar-refractivity contribution >= 4 is 17.8 Å². The van der Waals surface area contributed by atoms with Gasteiger partial charge in [0.25, 0.3) is 0 Å². The maximum atomic E-state index is 11.8. The van der Waals surface area contributed by atoms with Crippen molar-refractivity contribution in [1.29, 1.82) is 0 Å². The zero-order valence-corrected chi connectivity index (χ0v) is 11.0. The van der Waals surface area contributed by atoms with E-state index < -0.39 is 29.8 Å². The average molecular weight is 280 g/mol. The van der Waals surface area contributed by atoms with Crippen molar-refractivity contribution in [3.05, 3.63) is 35.9 Å². The van der Waals surface area contributed by atoms with E-state index in [1.807, 2.05) is 0 Å². The SMILES string of the molecule is CNC(=O)C[C@](N)(C(=O)O)C(=O)OCc1ccccc1. The molecule has 1 rings (SSSR count). The Morgan fingerprint density at radius 3 is 2.40 bits per heavy atom. The Bertz CT molecular complexity index is 503. The molecule has 7 heteroatoms. The van der Waals surface area contributed by atoms with E-state index in [0.717, 1.165) is 0 Å². The molecule has 0 aliphatic heterocycles. The van der Waals surface area contributed by atoms with E-state index >= 15 is 0 Å². The number of hydrogen-bond acceptors (Lipinski definition) is 5. The van der Waals surface area contributed by atoms with Gasteiger partial charge in [0.2, 0.25) is 11.4 Å². The summed E-state index contributed by atoms with van der Waals surface area (Å²) in [6, 6.07) is 8.72. The fraction of sp³-hybridized carbons (Fsp3) is 0.308. The van der Waals surface area contributed by atoms with Gasteiger partial charge in [-0.15, -0.1) is 0 Å². The highest BCUT2D eigenvalue weighted by atomic mass is 16.5. The Hall–Kier alpha value is -2.41. The van der Waals surface area contributed by atoms with Crippen LogP contribution >= 0.6 is 0 Å². The second-order valence-electron chi connectivity index (χ2n) is 4.19. The molecule has 20 heavy (non-hydrogen) atoms. The first kappa shape index (κ1) is 15.6. The highest BCUT2D eigenvalue weighted by molar-refractivity contribution is 6.07. The van der Waals surface area contributed by atoms with Gasteiger partial charge < -0.3 is 20.9 Å². The first-order valence-electron chi connectivity index (χ1n) is 5.84. The number of esters is 1. The largest absolute Gasteiger partial charge is 0.479 e. The number of nitrogens with two attached hydrogens (primary N) is 1. The van der Waals surface area contributed by atoms with Crippen LogP contribution in [0.3, 0.4) is 0 Å². The molecular weight excluding hydrogens is 264 g/mol. The van der Waals surface area contributed by atoms with Crippen LogP contribution in [0.2, 0.25) is 0 Å². The maximum absolute atomic E-state index is 11.8. The molecule has 0 saturated heterocycles. The van der Waals surface area contributed by atoms with Crippen molar-refractivity contribution in [2.45, 2.75) is 18.6 Å². The second kappa shape index (κ2) is 6.67. The lowest BCUT2D eigenvalue weighted by molar-refractivity contribution is -0.163. The van der Waals surface area contributed by atoms with Gasteiger partial charge in [-0.2, -0.15) is 0 Å². The first-order chi connectivity index (χ1) is 9.40. The van der Waals surface area contributed by atoms with E-state index in [2.05, 4.69) is 5.32 Å². The number of nitrogens with one attached hydrogen (secondary N) is 1. The van der Waals surface area contributed by atoms with E-state index in [1.165, 1.54) is 7.05 Å². The monoisotopic (exact) mass is 280 g/mol. The van der Waals surface area contributed by atoms with E-state index in [0.29, 0.717) is 5.56 Å². The minimum atomic E-state index is -2.39. The summed E-state index contributed by atoms with van der Waals surface area (Å²) < 4.78 is 4.88. The molecule has 0 aromatic heterocycles. The zero-order valence-electron chi connectivity index (χ0n) is 11.0. The minimum absolute atomic E-state index is 0.111. The zero-order chi connectivity index (χ0) is 15.2. The van der Waals surface area contributed by atoms with Gasteiger partial charge in [-0.05, 0) is 5.56 Å². The molecule has 0 aliphatic rings. The van der Waals surface area contributed by atoms with Crippen molar-refractivity contribution in [2.24, 2.45) is 5.73 Å². The molecule has 0 heterocycles. The number of carbonyl (C=O) groups excluding carboxylic acids is 2. The standard InChI is InChI=1S/C13H16N2O5/c1-15-10(16)7-13(14,11(17)18)12(19)20-8-9-5-3-2-4-6-9/h2-6H,7-8,14H2,1H3,(H,15,16)(H,17,18)/t13-/m0/s1. The van der Waals surface area contributed by atoms with Crippen LogP contribution in [0.25, 0.3) is 0 Å². The Balaban J connectivity index is 2.74. The summed E-state index contributed by atoms with van der Waals surface area (Å²) in [5.41, 5.74) is 3.78. The number of carboxylic acid groups (broad SMARTS) is 1. The lowest BCUT2D eigenvalue weighted by Gasteiger charge is -2.21. The molecule has 4 N–H and O–H groups in total. The number of carboxylic acids is 1. The van der Waals surface area contributed by atoms with Gasteiger partial charge in [-0.3, -0.25) is 4.79 Å². The van der Waals surface area contributed by atoms with Gasteiger partial charge in [0, 0.05) is 7.05 Å². The number of rotatable bonds is 6. The minimum Gasteiger partial charge on any atom is -0.479 e. The summed E-state index contributed by atoms with van der Waals surface area (Å²) in [6.07, 6.45) is -0.688. The molecule has 108 valence electrons.